The first-order chi connectivity index (χ1) is 16.5. The molecule has 170 valence electrons. The van der Waals surface area contributed by atoms with Crippen molar-refractivity contribution in [3.8, 4) is 11.5 Å². The number of hydrogen-bond donors (Lipinski definition) is 1. The van der Waals surface area contributed by atoms with Crippen molar-refractivity contribution in [2.24, 2.45) is 0 Å². The third-order valence-corrected chi connectivity index (χ3v) is 6.85. The van der Waals surface area contributed by atoms with Crippen molar-refractivity contribution >= 4 is 46.4 Å². The summed E-state index contributed by atoms with van der Waals surface area (Å²) in [6.07, 6.45) is 1.02. The van der Waals surface area contributed by atoms with Crippen LogP contribution in [0.15, 0.2) is 72.6 Å². The molecule has 0 bridgehead atoms. The van der Waals surface area contributed by atoms with E-state index in [0.29, 0.717) is 26.8 Å². The van der Waals surface area contributed by atoms with Gasteiger partial charge in [-0.25, -0.2) is 4.68 Å². The minimum Gasteiger partial charge on any atom is -0.497 e. The van der Waals surface area contributed by atoms with Crippen LogP contribution in [0.1, 0.15) is 28.8 Å². The summed E-state index contributed by atoms with van der Waals surface area (Å²) in [5.41, 5.74) is 4.42. The molecule has 2 aliphatic heterocycles. The molecular weight excluding hydrogens is 495 g/mol. The molecule has 9 heteroatoms. The maximum atomic E-state index is 6.68. The topological polar surface area (TPSA) is 61.2 Å². The van der Waals surface area contributed by atoms with Gasteiger partial charge in [0.15, 0.2) is 6.10 Å². The fourth-order valence-electron chi connectivity index (χ4n) is 4.52. The van der Waals surface area contributed by atoms with Gasteiger partial charge < -0.3 is 14.8 Å². The lowest BCUT2D eigenvalue weighted by molar-refractivity contribution is 0.223. The molecule has 0 aliphatic carbocycles. The Hall–Kier alpha value is -3.19. The molecule has 2 atom stereocenters. The van der Waals surface area contributed by atoms with E-state index >= 15 is 0 Å². The van der Waals surface area contributed by atoms with E-state index in [0.717, 1.165) is 33.7 Å². The first-order valence-electron chi connectivity index (χ1n) is 10.5. The number of ether oxygens (including phenoxy) is 2. The maximum Gasteiger partial charge on any atom is 0.226 e. The zero-order valence-electron chi connectivity index (χ0n) is 17.8. The van der Waals surface area contributed by atoms with Crippen molar-refractivity contribution in [1.82, 2.24) is 14.8 Å². The second kappa shape index (κ2) is 8.24. The van der Waals surface area contributed by atoms with Gasteiger partial charge in [-0.1, -0.05) is 53.0 Å². The zero-order chi connectivity index (χ0) is 23.4. The SMILES string of the molecule is COc1ccc([C@H]2C3=C(Nc4ncnn42)c2cc(Cl)ccc2O[C@H]3c2ccc(Cl)cc2Cl)cc1. The summed E-state index contributed by atoms with van der Waals surface area (Å²) < 4.78 is 13.8. The third-order valence-electron chi connectivity index (χ3n) is 6.05. The predicted octanol–water partition coefficient (Wildman–Crippen LogP) is 6.81. The van der Waals surface area contributed by atoms with Crippen LogP contribution in [0.25, 0.3) is 5.70 Å². The van der Waals surface area contributed by atoms with Crippen LogP contribution in [0.2, 0.25) is 15.1 Å². The van der Waals surface area contributed by atoms with Crippen molar-refractivity contribution in [3.63, 3.8) is 0 Å². The summed E-state index contributed by atoms with van der Waals surface area (Å²) in [7, 11) is 1.64. The lowest BCUT2D eigenvalue weighted by Crippen LogP contribution is -2.32. The molecule has 0 fully saturated rings. The zero-order valence-corrected chi connectivity index (χ0v) is 20.1. The maximum absolute atomic E-state index is 6.68. The monoisotopic (exact) mass is 510 g/mol. The summed E-state index contributed by atoms with van der Waals surface area (Å²) in [6.45, 7) is 0. The van der Waals surface area contributed by atoms with Gasteiger partial charge >= 0.3 is 0 Å². The Morgan fingerprint density at radius 3 is 2.50 bits per heavy atom. The highest BCUT2D eigenvalue weighted by atomic mass is 35.5. The number of benzene rings is 3. The molecule has 34 heavy (non-hydrogen) atoms. The minimum absolute atomic E-state index is 0.316. The number of hydrogen-bond acceptors (Lipinski definition) is 5. The molecule has 1 aromatic heterocycles. The number of nitrogens with zero attached hydrogens (tertiary/aromatic N) is 3. The molecule has 0 saturated heterocycles. The van der Waals surface area contributed by atoms with Gasteiger partial charge in [0, 0.05) is 31.8 Å². The van der Waals surface area contributed by atoms with E-state index in [4.69, 9.17) is 44.3 Å². The molecule has 0 unspecified atom stereocenters. The Morgan fingerprint density at radius 2 is 1.74 bits per heavy atom. The lowest BCUT2D eigenvalue weighted by atomic mass is 9.84. The molecule has 4 aromatic rings. The third kappa shape index (κ3) is 3.41. The fraction of sp³-hybridized carbons (Fsp3) is 0.120. The predicted molar refractivity (Wildman–Crippen MR) is 133 cm³/mol. The van der Waals surface area contributed by atoms with Crippen LogP contribution in [-0.4, -0.2) is 21.9 Å². The molecule has 1 N–H and O–H groups in total. The summed E-state index contributed by atoms with van der Waals surface area (Å²) in [4.78, 5) is 4.44. The van der Waals surface area contributed by atoms with Crippen LogP contribution in [-0.2, 0) is 0 Å². The average Bonchev–Trinajstić information content (AvgIpc) is 3.31. The van der Waals surface area contributed by atoms with Gasteiger partial charge in [0.1, 0.15) is 23.9 Å². The molecule has 2 aliphatic rings. The molecule has 6 rings (SSSR count). The van der Waals surface area contributed by atoms with Gasteiger partial charge in [0.05, 0.1) is 12.8 Å². The van der Waals surface area contributed by atoms with Gasteiger partial charge in [-0.2, -0.15) is 10.1 Å². The van der Waals surface area contributed by atoms with Crippen molar-refractivity contribution < 1.29 is 9.47 Å². The standard InChI is InChI=1S/C25H17Cl3N4O2/c1-33-16-6-2-13(3-7-16)23-21-22(31-25-29-12-30-32(23)25)18-10-14(26)5-9-20(18)34-24(21)17-8-4-15(27)11-19(17)28/h2-12,23-24H,1H3,(H,29,30,31)/t23-,24-/m0/s1. The van der Waals surface area contributed by atoms with E-state index in [9.17, 15) is 0 Å². The van der Waals surface area contributed by atoms with Gasteiger partial charge in [0.25, 0.3) is 0 Å². The number of methoxy groups -OCH3 is 1. The van der Waals surface area contributed by atoms with E-state index in [1.807, 2.05) is 53.2 Å². The summed E-state index contributed by atoms with van der Waals surface area (Å²) >= 11 is 19.3. The number of halogens is 3. The Balaban J connectivity index is 1.63. The van der Waals surface area contributed by atoms with Crippen LogP contribution in [0.4, 0.5) is 5.95 Å². The molecule has 0 spiro atoms. The quantitative estimate of drug-likeness (QED) is 0.327. The van der Waals surface area contributed by atoms with Crippen molar-refractivity contribution in [3.05, 3.63) is 104 Å². The highest BCUT2D eigenvalue weighted by molar-refractivity contribution is 6.35. The van der Waals surface area contributed by atoms with Crippen LogP contribution < -0.4 is 14.8 Å². The van der Waals surface area contributed by atoms with E-state index < -0.39 is 6.10 Å². The van der Waals surface area contributed by atoms with Crippen molar-refractivity contribution in [2.45, 2.75) is 12.1 Å². The second-order valence-corrected chi connectivity index (χ2v) is 9.24. The summed E-state index contributed by atoms with van der Waals surface area (Å²) in [5, 5.41) is 9.65. The fourth-order valence-corrected chi connectivity index (χ4v) is 5.20. The highest BCUT2D eigenvalue weighted by Crippen LogP contribution is 2.52. The molecular formula is C25H17Cl3N4O2. The number of fused-ring (bicyclic) bond motifs is 3. The van der Waals surface area contributed by atoms with Crippen LogP contribution >= 0.6 is 34.8 Å². The lowest BCUT2D eigenvalue weighted by Gasteiger charge is -2.39. The largest absolute Gasteiger partial charge is 0.497 e. The van der Waals surface area contributed by atoms with Crippen molar-refractivity contribution in [2.75, 3.05) is 12.4 Å². The van der Waals surface area contributed by atoms with E-state index in [-0.39, 0.29) is 6.04 Å². The number of rotatable bonds is 3. The summed E-state index contributed by atoms with van der Waals surface area (Å²) in [6, 6.07) is 18.5. The van der Waals surface area contributed by atoms with Gasteiger partial charge in [-0.15, -0.1) is 0 Å². The first kappa shape index (κ1) is 21.4. The first-order valence-corrected chi connectivity index (χ1v) is 11.6. The van der Waals surface area contributed by atoms with Gasteiger partial charge in [0.2, 0.25) is 5.95 Å². The number of aromatic nitrogens is 3. The van der Waals surface area contributed by atoms with E-state index in [1.165, 1.54) is 6.33 Å². The number of nitrogens with one attached hydrogen (secondary N) is 1. The van der Waals surface area contributed by atoms with E-state index in [2.05, 4.69) is 15.4 Å². The van der Waals surface area contributed by atoms with Crippen molar-refractivity contribution in [1.29, 1.82) is 0 Å². The second-order valence-electron chi connectivity index (χ2n) is 7.96. The Labute approximate surface area is 210 Å². The highest BCUT2D eigenvalue weighted by Gasteiger charge is 2.41. The molecule has 0 radical (unpaired) electrons. The normalized spacial score (nSPS) is 18.4. The minimum atomic E-state index is -0.509. The van der Waals surface area contributed by atoms with Crippen LogP contribution in [0.3, 0.4) is 0 Å². The van der Waals surface area contributed by atoms with E-state index in [1.54, 1.807) is 19.2 Å². The smallest absolute Gasteiger partial charge is 0.226 e. The van der Waals surface area contributed by atoms with Gasteiger partial charge in [-0.3, -0.25) is 0 Å². The van der Waals surface area contributed by atoms with Crippen LogP contribution in [0, 0.1) is 0 Å². The number of anilines is 1. The Kier molecular flexibility index (Phi) is 5.17. The average molecular weight is 512 g/mol. The molecule has 3 aromatic carbocycles. The molecule has 0 saturated carbocycles. The van der Waals surface area contributed by atoms with Gasteiger partial charge in [-0.05, 0) is 48.0 Å². The molecule has 0 amide bonds. The molecule has 6 nitrogen and oxygen atoms in total. The Bertz CT molecular complexity index is 1450. The molecule has 3 heterocycles. The Morgan fingerprint density at radius 1 is 0.971 bits per heavy atom. The summed E-state index contributed by atoms with van der Waals surface area (Å²) in [5.74, 6) is 2.07. The van der Waals surface area contributed by atoms with Crippen LogP contribution in [0.5, 0.6) is 11.5 Å².